The second kappa shape index (κ2) is 6.62. The summed E-state index contributed by atoms with van der Waals surface area (Å²) in [6.07, 6.45) is 2.24. The maximum atomic E-state index is 2.27. The van der Waals surface area contributed by atoms with Gasteiger partial charge in [0.2, 0.25) is 0 Å². The van der Waals surface area contributed by atoms with E-state index in [-0.39, 0.29) is 5.41 Å². The molecule has 3 aromatic rings. The number of hydrogen-bond acceptors (Lipinski definition) is 0. The molecule has 0 bridgehead atoms. The van der Waals surface area contributed by atoms with Gasteiger partial charge in [-0.05, 0) is 23.1 Å². The molecule has 0 nitrogen and oxygen atoms in total. The van der Waals surface area contributed by atoms with Crippen LogP contribution in [0.1, 0.15) is 36.5 Å². The lowest BCUT2D eigenvalue weighted by Gasteiger charge is -2.36. The zero-order valence-corrected chi connectivity index (χ0v) is 13.1. The van der Waals surface area contributed by atoms with E-state index in [1.165, 1.54) is 16.7 Å². The molecule has 0 fully saturated rings. The number of rotatable bonds is 5. The van der Waals surface area contributed by atoms with Gasteiger partial charge in [-0.25, -0.2) is 0 Å². The van der Waals surface area contributed by atoms with Crippen LogP contribution in [-0.4, -0.2) is 0 Å². The van der Waals surface area contributed by atoms with Crippen molar-refractivity contribution in [3.63, 3.8) is 0 Å². The van der Waals surface area contributed by atoms with Crippen molar-refractivity contribution < 1.29 is 0 Å². The summed E-state index contributed by atoms with van der Waals surface area (Å²) in [5.74, 6) is 0. The van der Waals surface area contributed by atoms with E-state index < -0.39 is 0 Å². The monoisotopic (exact) mass is 286 g/mol. The lowest BCUT2D eigenvalue weighted by atomic mass is 9.67. The average molecular weight is 286 g/mol. The molecule has 0 radical (unpaired) electrons. The molecule has 0 heterocycles. The molecule has 0 spiro atoms. The molecule has 3 rings (SSSR count). The molecule has 0 N–H and O–H groups in total. The van der Waals surface area contributed by atoms with E-state index >= 15 is 0 Å². The molecule has 0 saturated heterocycles. The summed E-state index contributed by atoms with van der Waals surface area (Å²) >= 11 is 0. The van der Waals surface area contributed by atoms with Crippen molar-refractivity contribution in [2.45, 2.75) is 25.2 Å². The van der Waals surface area contributed by atoms with Crippen molar-refractivity contribution in [2.75, 3.05) is 0 Å². The van der Waals surface area contributed by atoms with Gasteiger partial charge in [0.05, 0.1) is 0 Å². The molecule has 3 aromatic carbocycles. The average Bonchev–Trinajstić information content (AvgIpc) is 2.62. The highest BCUT2D eigenvalue weighted by Crippen LogP contribution is 2.42. The van der Waals surface area contributed by atoms with Gasteiger partial charge in [0.1, 0.15) is 0 Å². The quantitative estimate of drug-likeness (QED) is 0.518. The van der Waals surface area contributed by atoms with Crippen LogP contribution in [0.15, 0.2) is 91.0 Å². The molecule has 22 heavy (non-hydrogen) atoms. The van der Waals surface area contributed by atoms with E-state index in [0.29, 0.717) is 0 Å². The maximum Gasteiger partial charge on any atom is 0.0451 e. The van der Waals surface area contributed by atoms with Crippen molar-refractivity contribution in [3.05, 3.63) is 108 Å². The zero-order valence-electron chi connectivity index (χ0n) is 13.1. The lowest BCUT2D eigenvalue weighted by Crippen LogP contribution is -2.29. The second-order valence-corrected chi connectivity index (χ2v) is 5.75. The van der Waals surface area contributed by atoms with E-state index in [1.54, 1.807) is 0 Å². The predicted octanol–water partition coefficient (Wildman–Crippen LogP) is 5.82. The molecule has 0 saturated carbocycles. The van der Waals surface area contributed by atoms with Crippen molar-refractivity contribution in [1.82, 2.24) is 0 Å². The van der Waals surface area contributed by atoms with Gasteiger partial charge in [-0.15, -0.1) is 0 Å². The third kappa shape index (κ3) is 2.57. The van der Waals surface area contributed by atoms with Gasteiger partial charge in [-0.1, -0.05) is 104 Å². The molecule has 0 aromatic heterocycles. The van der Waals surface area contributed by atoms with Gasteiger partial charge in [-0.3, -0.25) is 0 Å². The Bertz CT molecular complexity index is 587. The Balaban J connectivity index is 2.29. The van der Waals surface area contributed by atoms with Crippen molar-refractivity contribution >= 4 is 0 Å². The van der Waals surface area contributed by atoms with Gasteiger partial charge in [0.15, 0.2) is 0 Å². The molecular weight excluding hydrogens is 264 g/mol. The van der Waals surface area contributed by atoms with Gasteiger partial charge in [-0.2, -0.15) is 0 Å². The largest absolute Gasteiger partial charge is 0.0653 e. The second-order valence-electron chi connectivity index (χ2n) is 5.75. The van der Waals surface area contributed by atoms with Gasteiger partial charge in [0, 0.05) is 5.41 Å². The highest BCUT2D eigenvalue weighted by atomic mass is 14.4. The van der Waals surface area contributed by atoms with Crippen LogP contribution in [0.4, 0.5) is 0 Å². The standard InChI is InChI=1S/C22H22/c1-2-18-22(19-12-6-3-7-13-19,20-14-8-4-9-15-20)21-16-10-5-11-17-21/h3-17H,2,18H2,1H3. The SMILES string of the molecule is CCCC(c1ccccc1)(c1ccccc1)c1ccccc1. The molecule has 0 aliphatic carbocycles. The summed E-state index contributed by atoms with van der Waals surface area (Å²) in [5, 5.41) is 0. The van der Waals surface area contributed by atoms with Gasteiger partial charge in [0.25, 0.3) is 0 Å². The Morgan fingerprint density at radius 1 is 0.545 bits per heavy atom. The minimum absolute atomic E-state index is 0.0709. The highest BCUT2D eigenvalue weighted by molar-refractivity contribution is 5.50. The Morgan fingerprint density at radius 3 is 1.14 bits per heavy atom. The van der Waals surface area contributed by atoms with Crippen LogP contribution in [0.2, 0.25) is 0 Å². The Morgan fingerprint density at radius 2 is 0.864 bits per heavy atom. The Hall–Kier alpha value is -2.34. The topological polar surface area (TPSA) is 0 Å². The number of hydrogen-bond donors (Lipinski definition) is 0. The summed E-state index contributed by atoms with van der Waals surface area (Å²) in [7, 11) is 0. The minimum Gasteiger partial charge on any atom is -0.0653 e. The number of benzene rings is 3. The van der Waals surface area contributed by atoms with Crippen LogP contribution >= 0.6 is 0 Å². The summed E-state index contributed by atoms with van der Waals surface area (Å²) in [6, 6.07) is 32.7. The molecule has 0 aliphatic rings. The summed E-state index contributed by atoms with van der Waals surface area (Å²) in [4.78, 5) is 0. The summed E-state index contributed by atoms with van der Waals surface area (Å²) in [6.45, 7) is 2.27. The molecule has 0 atom stereocenters. The molecule has 0 heteroatoms. The molecular formula is C22H22. The van der Waals surface area contributed by atoms with Crippen molar-refractivity contribution in [1.29, 1.82) is 0 Å². The lowest BCUT2D eigenvalue weighted by molar-refractivity contribution is 0.550. The van der Waals surface area contributed by atoms with Gasteiger partial charge < -0.3 is 0 Å². The van der Waals surface area contributed by atoms with Gasteiger partial charge >= 0.3 is 0 Å². The Labute approximate surface area is 133 Å². The minimum atomic E-state index is -0.0709. The van der Waals surface area contributed by atoms with Crippen LogP contribution in [0.25, 0.3) is 0 Å². The maximum absolute atomic E-state index is 2.27. The normalized spacial score (nSPS) is 11.3. The van der Waals surface area contributed by atoms with Crippen LogP contribution in [0, 0.1) is 0 Å². The van der Waals surface area contributed by atoms with Crippen molar-refractivity contribution in [2.24, 2.45) is 0 Å². The van der Waals surface area contributed by atoms with E-state index in [2.05, 4.69) is 97.9 Å². The van der Waals surface area contributed by atoms with Crippen LogP contribution in [0.3, 0.4) is 0 Å². The van der Waals surface area contributed by atoms with Crippen LogP contribution in [0.5, 0.6) is 0 Å². The molecule has 0 unspecified atom stereocenters. The first kappa shape index (κ1) is 14.6. The zero-order chi connectivity index (χ0) is 15.3. The third-order valence-corrected chi connectivity index (χ3v) is 4.42. The highest BCUT2D eigenvalue weighted by Gasteiger charge is 2.34. The van der Waals surface area contributed by atoms with E-state index in [1.807, 2.05) is 0 Å². The molecule has 0 aliphatic heterocycles. The molecule has 0 amide bonds. The first-order chi connectivity index (χ1) is 10.9. The van der Waals surface area contributed by atoms with E-state index in [4.69, 9.17) is 0 Å². The summed E-state index contributed by atoms with van der Waals surface area (Å²) < 4.78 is 0. The fourth-order valence-electron chi connectivity index (χ4n) is 3.48. The van der Waals surface area contributed by atoms with Crippen LogP contribution < -0.4 is 0 Å². The summed E-state index contributed by atoms with van der Waals surface area (Å²) in [5.41, 5.74) is 4.04. The van der Waals surface area contributed by atoms with E-state index in [9.17, 15) is 0 Å². The first-order valence-corrected chi connectivity index (χ1v) is 8.04. The predicted molar refractivity (Wildman–Crippen MR) is 94.1 cm³/mol. The van der Waals surface area contributed by atoms with Crippen molar-refractivity contribution in [3.8, 4) is 0 Å². The first-order valence-electron chi connectivity index (χ1n) is 8.04. The fraction of sp³-hybridized carbons (Fsp3) is 0.182. The van der Waals surface area contributed by atoms with Crippen LogP contribution in [-0.2, 0) is 5.41 Å². The smallest absolute Gasteiger partial charge is 0.0451 e. The fourth-order valence-corrected chi connectivity index (χ4v) is 3.48. The van der Waals surface area contributed by atoms with E-state index in [0.717, 1.165) is 12.8 Å². The Kier molecular flexibility index (Phi) is 4.39. The third-order valence-electron chi connectivity index (χ3n) is 4.42. The molecule has 110 valence electrons.